The first-order valence-electron chi connectivity index (χ1n) is 6.08. The average molecular weight is 180 g/mol. The molecule has 13 heavy (non-hydrogen) atoms. The summed E-state index contributed by atoms with van der Waals surface area (Å²) in [6.07, 6.45) is 9.06. The fourth-order valence-corrected chi connectivity index (χ4v) is 2.60. The van der Waals surface area contributed by atoms with Crippen LogP contribution in [0.4, 0.5) is 0 Å². The van der Waals surface area contributed by atoms with Crippen molar-refractivity contribution in [3.8, 4) is 0 Å². The summed E-state index contributed by atoms with van der Waals surface area (Å²) in [5.74, 6) is 3.19. The van der Waals surface area contributed by atoms with Crippen molar-refractivity contribution in [3.05, 3.63) is 0 Å². The predicted molar refractivity (Wildman–Crippen MR) is 57.6 cm³/mol. The van der Waals surface area contributed by atoms with E-state index in [1.807, 2.05) is 0 Å². The molecule has 2 fully saturated rings. The molecular weight excluding hydrogens is 156 g/mol. The molecule has 0 heteroatoms. The van der Waals surface area contributed by atoms with Gasteiger partial charge < -0.3 is 0 Å². The van der Waals surface area contributed by atoms with Gasteiger partial charge in [-0.2, -0.15) is 0 Å². The van der Waals surface area contributed by atoms with Gasteiger partial charge in [-0.3, -0.25) is 0 Å². The smallest absolute Gasteiger partial charge is 0.0323 e. The van der Waals surface area contributed by atoms with Gasteiger partial charge in [0.05, 0.1) is 0 Å². The van der Waals surface area contributed by atoms with Crippen LogP contribution in [0.3, 0.4) is 0 Å². The molecule has 0 radical (unpaired) electrons. The highest BCUT2D eigenvalue weighted by atomic mass is 14.5. The monoisotopic (exact) mass is 180 g/mol. The molecule has 0 aromatic heterocycles. The Kier molecular flexibility index (Phi) is 2.42. The number of hydrogen-bond donors (Lipinski definition) is 0. The zero-order chi connectivity index (χ0) is 9.47. The van der Waals surface area contributed by atoms with E-state index in [1.54, 1.807) is 0 Å². The summed E-state index contributed by atoms with van der Waals surface area (Å²) >= 11 is 0. The van der Waals surface area contributed by atoms with Crippen molar-refractivity contribution >= 4 is 0 Å². The van der Waals surface area contributed by atoms with Gasteiger partial charge in [0.25, 0.3) is 0 Å². The molecule has 2 aliphatic carbocycles. The van der Waals surface area contributed by atoms with Crippen LogP contribution in [0.5, 0.6) is 0 Å². The quantitative estimate of drug-likeness (QED) is 0.593. The molecule has 0 aromatic carbocycles. The third-order valence-electron chi connectivity index (χ3n) is 4.16. The molecule has 0 saturated heterocycles. The zero-order valence-corrected chi connectivity index (χ0v) is 9.47. The highest BCUT2D eigenvalue weighted by Gasteiger charge is 2.44. The van der Waals surface area contributed by atoms with Crippen molar-refractivity contribution in [2.75, 3.05) is 0 Å². The minimum atomic E-state index is 0.708. The van der Waals surface area contributed by atoms with Crippen molar-refractivity contribution in [1.82, 2.24) is 0 Å². The highest BCUT2D eigenvalue weighted by molar-refractivity contribution is 4.94. The van der Waals surface area contributed by atoms with E-state index in [-0.39, 0.29) is 0 Å². The second kappa shape index (κ2) is 3.29. The van der Waals surface area contributed by atoms with Crippen molar-refractivity contribution in [2.45, 2.75) is 59.3 Å². The molecule has 0 spiro atoms. The molecule has 2 unspecified atom stereocenters. The van der Waals surface area contributed by atoms with Gasteiger partial charge in [0, 0.05) is 0 Å². The molecular formula is C13H24. The van der Waals surface area contributed by atoms with Crippen molar-refractivity contribution in [1.29, 1.82) is 0 Å². The predicted octanol–water partition coefficient (Wildman–Crippen LogP) is 4.25. The standard InChI is InChI=1S/C13H24/c1-10(8-11-5-6-11)4-7-12-9-13(12,2)3/h10-12H,4-9H2,1-3H3. The Morgan fingerprint density at radius 1 is 1.31 bits per heavy atom. The van der Waals surface area contributed by atoms with Crippen LogP contribution in [-0.4, -0.2) is 0 Å². The van der Waals surface area contributed by atoms with Gasteiger partial charge in [0.2, 0.25) is 0 Å². The lowest BCUT2D eigenvalue weighted by molar-refractivity contribution is 0.413. The second-order valence-corrected chi connectivity index (χ2v) is 6.25. The SMILES string of the molecule is CC(CCC1CC1(C)C)CC1CC1. The first kappa shape index (κ1) is 9.55. The lowest BCUT2D eigenvalue weighted by atomic mass is 9.95. The summed E-state index contributed by atoms with van der Waals surface area (Å²) in [5.41, 5.74) is 0.708. The van der Waals surface area contributed by atoms with Crippen LogP contribution < -0.4 is 0 Å². The molecule has 0 aromatic rings. The van der Waals surface area contributed by atoms with Crippen LogP contribution in [0.2, 0.25) is 0 Å². The minimum Gasteiger partial charge on any atom is -0.0625 e. The van der Waals surface area contributed by atoms with Crippen LogP contribution in [0.15, 0.2) is 0 Å². The van der Waals surface area contributed by atoms with Crippen LogP contribution in [-0.2, 0) is 0 Å². The average Bonchev–Trinajstić information content (AvgIpc) is 2.88. The number of rotatable bonds is 5. The first-order valence-corrected chi connectivity index (χ1v) is 6.08. The molecule has 2 saturated carbocycles. The first-order chi connectivity index (χ1) is 6.08. The Labute approximate surface area is 83.1 Å². The van der Waals surface area contributed by atoms with Gasteiger partial charge in [-0.05, 0) is 42.4 Å². The van der Waals surface area contributed by atoms with Crippen LogP contribution in [0.25, 0.3) is 0 Å². The summed E-state index contributed by atoms with van der Waals surface area (Å²) in [4.78, 5) is 0. The summed E-state index contributed by atoms with van der Waals surface area (Å²) in [7, 11) is 0. The normalized spacial score (nSPS) is 33.0. The minimum absolute atomic E-state index is 0.708. The van der Waals surface area contributed by atoms with E-state index in [2.05, 4.69) is 20.8 Å². The molecule has 76 valence electrons. The molecule has 2 atom stereocenters. The highest BCUT2D eigenvalue weighted by Crippen LogP contribution is 2.54. The lowest BCUT2D eigenvalue weighted by Gasteiger charge is -2.10. The lowest BCUT2D eigenvalue weighted by Crippen LogP contribution is -1.98. The second-order valence-electron chi connectivity index (χ2n) is 6.25. The Balaban J connectivity index is 1.57. The van der Waals surface area contributed by atoms with E-state index in [4.69, 9.17) is 0 Å². The summed E-state index contributed by atoms with van der Waals surface area (Å²) < 4.78 is 0. The van der Waals surface area contributed by atoms with Crippen molar-refractivity contribution in [3.63, 3.8) is 0 Å². The molecule has 0 aliphatic heterocycles. The maximum atomic E-state index is 2.45. The van der Waals surface area contributed by atoms with Crippen LogP contribution >= 0.6 is 0 Å². The van der Waals surface area contributed by atoms with Gasteiger partial charge in [-0.25, -0.2) is 0 Å². The van der Waals surface area contributed by atoms with Crippen LogP contribution in [0, 0.1) is 23.2 Å². The van der Waals surface area contributed by atoms with Crippen molar-refractivity contribution in [2.24, 2.45) is 23.2 Å². The third-order valence-corrected chi connectivity index (χ3v) is 4.16. The zero-order valence-electron chi connectivity index (χ0n) is 9.47. The van der Waals surface area contributed by atoms with E-state index in [0.717, 1.165) is 17.8 Å². The molecule has 0 amide bonds. The van der Waals surface area contributed by atoms with E-state index in [0.29, 0.717) is 5.41 Å². The fraction of sp³-hybridized carbons (Fsp3) is 1.00. The maximum Gasteiger partial charge on any atom is -0.0323 e. The summed E-state index contributed by atoms with van der Waals surface area (Å²) in [5, 5.41) is 0. The summed E-state index contributed by atoms with van der Waals surface area (Å²) in [6, 6.07) is 0. The summed E-state index contributed by atoms with van der Waals surface area (Å²) in [6.45, 7) is 7.29. The van der Waals surface area contributed by atoms with Gasteiger partial charge in [-0.15, -0.1) is 0 Å². The van der Waals surface area contributed by atoms with Gasteiger partial charge >= 0.3 is 0 Å². The molecule has 0 bridgehead atoms. The topological polar surface area (TPSA) is 0 Å². The van der Waals surface area contributed by atoms with Gasteiger partial charge in [-0.1, -0.05) is 40.0 Å². The van der Waals surface area contributed by atoms with E-state index in [9.17, 15) is 0 Å². The van der Waals surface area contributed by atoms with E-state index in [1.165, 1.54) is 38.5 Å². The Morgan fingerprint density at radius 2 is 1.92 bits per heavy atom. The largest absolute Gasteiger partial charge is 0.0625 e. The molecule has 2 aliphatic rings. The number of hydrogen-bond acceptors (Lipinski definition) is 0. The fourth-order valence-electron chi connectivity index (χ4n) is 2.60. The van der Waals surface area contributed by atoms with Crippen LogP contribution in [0.1, 0.15) is 59.3 Å². The van der Waals surface area contributed by atoms with Gasteiger partial charge in [0.1, 0.15) is 0 Å². The van der Waals surface area contributed by atoms with E-state index < -0.39 is 0 Å². The third kappa shape index (κ3) is 2.72. The molecule has 0 heterocycles. The Morgan fingerprint density at radius 3 is 2.38 bits per heavy atom. The molecule has 0 nitrogen and oxygen atoms in total. The molecule has 2 rings (SSSR count). The van der Waals surface area contributed by atoms with Crippen molar-refractivity contribution < 1.29 is 0 Å². The Bertz CT molecular complexity index is 176. The Hall–Kier alpha value is 0. The van der Waals surface area contributed by atoms with E-state index >= 15 is 0 Å². The maximum absolute atomic E-state index is 2.45. The van der Waals surface area contributed by atoms with Gasteiger partial charge in [0.15, 0.2) is 0 Å². The molecule has 0 N–H and O–H groups in total.